The summed E-state index contributed by atoms with van der Waals surface area (Å²) in [4.78, 5) is 8.78. The Morgan fingerprint density at radius 3 is 2.59 bits per heavy atom. The van der Waals surface area contributed by atoms with Crippen LogP contribution in [-0.2, 0) is 0 Å². The van der Waals surface area contributed by atoms with Gasteiger partial charge in [0.05, 0.1) is 5.02 Å². The molecule has 0 aliphatic heterocycles. The van der Waals surface area contributed by atoms with E-state index in [-0.39, 0.29) is 5.02 Å². The summed E-state index contributed by atoms with van der Waals surface area (Å²) in [6.45, 7) is 1.85. The average molecular weight is 321 g/mol. The number of halogens is 2. The fourth-order valence-corrected chi connectivity index (χ4v) is 2.89. The van der Waals surface area contributed by atoms with Crippen molar-refractivity contribution in [2.45, 2.75) is 38.6 Å². The Morgan fingerprint density at radius 2 is 1.86 bits per heavy atom. The van der Waals surface area contributed by atoms with Gasteiger partial charge in [-0.15, -0.1) is 0 Å². The zero-order valence-electron chi connectivity index (χ0n) is 12.4. The number of anilines is 3. The molecule has 0 spiro atoms. The number of nitrogens with one attached hydrogen (secondary N) is 2. The fourth-order valence-electron chi connectivity index (χ4n) is 2.71. The quantitative estimate of drug-likeness (QED) is 0.859. The van der Waals surface area contributed by atoms with E-state index in [1.54, 1.807) is 12.1 Å². The zero-order chi connectivity index (χ0) is 15.5. The Labute approximate surface area is 134 Å². The largest absolute Gasteiger partial charge is 0.367 e. The molecule has 6 heteroatoms. The molecule has 0 radical (unpaired) electrons. The van der Waals surface area contributed by atoms with Gasteiger partial charge in [0.15, 0.2) is 0 Å². The van der Waals surface area contributed by atoms with Crippen LogP contribution in [-0.4, -0.2) is 16.0 Å². The van der Waals surface area contributed by atoms with E-state index < -0.39 is 5.82 Å². The molecule has 22 heavy (non-hydrogen) atoms. The highest BCUT2D eigenvalue weighted by Gasteiger charge is 2.15. The molecule has 2 N–H and O–H groups in total. The monoisotopic (exact) mass is 320 g/mol. The van der Waals surface area contributed by atoms with E-state index in [2.05, 4.69) is 20.6 Å². The van der Waals surface area contributed by atoms with Gasteiger partial charge >= 0.3 is 0 Å². The van der Waals surface area contributed by atoms with Crippen molar-refractivity contribution in [2.24, 2.45) is 0 Å². The van der Waals surface area contributed by atoms with Crippen molar-refractivity contribution in [3.63, 3.8) is 0 Å². The number of aromatic nitrogens is 2. The van der Waals surface area contributed by atoms with Crippen molar-refractivity contribution >= 4 is 28.9 Å². The van der Waals surface area contributed by atoms with E-state index in [9.17, 15) is 4.39 Å². The predicted molar refractivity (Wildman–Crippen MR) is 87.3 cm³/mol. The standard InChI is InChI=1S/C16H18ClFN4/c1-10-19-15(21-11-4-2-3-5-11)9-16(20-10)22-12-6-7-14(18)13(17)8-12/h6-9,11H,2-5H2,1H3,(H2,19,20,21,22). The second-order valence-electron chi connectivity index (χ2n) is 5.57. The number of rotatable bonds is 4. The number of aryl methyl sites for hydroxylation is 1. The fraction of sp³-hybridized carbons (Fsp3) is 0.375. The summed E-state index contributed by atoms with van der Waals surface area (Å²) in [5.74, 6) is 1.72. The Kier molecular flexibility index (Phi) is 4.43. The third-order valence-corrected chi connectivity index (χ3v) is 4.03. The summed E-state index contributed by atoms with van der Waals surface area (Å²) >= 11 is 5.80. The smallest absolute Gasteiger partial charge is 0.141 e. The van der Waals surface area contributed by atoms with Gasteiger partial charge < -0.3 is 10.6 Å². The maximum Gasteiger partial charge on any atom is 0.141 e. The molecule has 4 nitrogen and oxygen atoms in total. The van der Waals surface area contributed by atoms with Crippen molar-refractivity contribution in [1.29, 1.82) is 0 Å². The molecule has 1 aliphatic carbocycles. The van der Waals surface area contributed by atoms with Gasteiger partial charge in [-0.2, -0.15) is 0 Å². The second kappa shape index (κ2) is 6.48. The normalized spacial score (nSPS) is 15.0. The third kappa shape index (κ3) is 3.65. The van der Waals surface area contributed by atoms with Crippen LogP contribution < -0.4 is 10.6 Å². The van der Waals surface area contributed by atoms with E-state index in [0.717, 1.165) is 5.82 Å². The molecular weight excluding hydrogens is 303 g/mol. The van der Waals surface area contributed by atoms with E-state index in [0.29, 0.717) is 23.4 Å². The topological polar surface area (TPSA) is 49.8 Å². The van der Waals surface area contributed by atoms with Crippen LogP contribution in [0.15, 0.2) is 24.3 Å². The van der Waals surface area contributed by atoms with Gasteiger partial charge in [0.25, 0.3) is 0 Å². The molecule has 0 bridgehead atoms. The molecule has 0 amide bonds. The first kappa shape index (κ1) is 15.0. The summed E-state index contributed by atoms with van der Waals surface area (Å²) < 4.78 is 13.2. The summed E-state index contributed by atoms with van der Waals surface area (Å²) in [6, 6.07) is 6.85. The van der Waals surface area contributed by atoms with Crippen LogP contribution in [0.5, 0.6) is 0 Å². The number of benzene rings is 1. The van der Waals surface area contributed by atoms with Gasteiger partial charge in [0.1, 0.15) is 23.3 Å². The van der Waals surface area contributed by atoms with Gasteiger partial charge in [-0.3, -0.25) is 0 Å². The molecule has 1 saturated carbocycles. The van der Waals surface area contributed by atoms with Crippen LogP contribution in [0.4, 0.5) is 21.7 Å². The van der Waals surface area contributed by atoms with Gasteiger partial charge in [-0.1, -0.05) is 24.4 Å². The highest BCUT2D eigenvalue weighted by atomic mass is 35.5. The molecule has 0 saturated heterocycles. The highest BCUT2D eigenvalue weighted by Crippen LogP contribution is 2.25. The van der Waals surface area contributed by atoms with Crippen molar-refractivity contribution in [2.75, 3.05) is 10.6 Å². The number of hydrogen-bond acceptors (Lipinski definition) is 4. The van der Waals surface area contributed by atoms with Crippen LogP contribution >= 0.6 is 11.6 Å². The van der Waals surface area contributed by atoms with Gasteiger partial charge in [-0.05, 0) is 38.0 Å². The number of nitrogens with zero attached hydrogens (tertiary/aromatic N) is 2. The average Bonchev–Trinajstić information content (AvgIpc) is 2.95. The maximum absolute atomic E-state index is 13.2. The first-order valence-corrected chi connectivity index (χ1v) is 7.82. The number of hydrogen-bond donors (Lipinski definition) is 2. The van der Waals surface area contributed by atoms with Gasteiger partial charge in [-0.25, -0.2) is 14.4 Å². The molecule has 0 atom stereocenters. The van der Waals surface area contributed by atoms with E-state index in [1.165, 1.54) is 31.7 Å². The van der Waals surface area contributed by atoms with Crippen LogP contribution in [0, 0.1) is 12.7 Å². The Hall–Kier alpha value is -1.88. The summed E-state index contributed by atoms with van der Waals surface area (Å²) in [5, 5.41) is 6.67. The van der Waals surface area contributed by atoms with Gasteiger partial charge in [0.2, 0.25) is 0 Å². The van der Waals surface area contributed by atoms with Crippen molar-refractivity contribution in [1.82, 2.24) is 9.97 Å². The first-order chi connectivity index (χ1) is 10.6. The molecule has 1 aliphatic rings. The van der Waals surface area contributed by atoms with E-state index in [1.807, 2.05) is 13.0 Å². The molecule has 0 unspecified atom stereocenters. The summed E-state index contributed by atoms with van der Waals surface area (Å²) in [6.07, 6.45) is 4.89. The lowest BCUT2D eigenvalue weighted by Gasteiger charge is -2.14. The Bertz CT molecular complexity index is 671. The predicted octanol–water partition coefficient (Wildman–Crippen LogP) is 4.68. The second-order valence-corrected chi connectivity index (χ2v) is 5.97. The molecule has 1 aromatic carbocycles. The molecule has 116 valence electrons. The minimum Gasteiger partial charge on any atom is -0.367 e. The first-order valence-electron chi connectivity index (χ1n) is 7.44. The highest BCUT2D eigenvalue weighted by molar-refractivity contribution is 6.31. The molecule has 1 fully saturated rings. The lowest BCUT2D eigenvalue weighted by Crippen LogP contribution is -2.16. The minimum atomic E-state index is -0.435. The zero-order valence-corrected chi connectivity index (χ0v) is 13.1. The Balaban J connectivity index is 1.77. The van der Waals surface area contributed by atoms with E-state index in [4.69, 9.17) is 11.6 Å². The van der Waals surface area contributed by atoms with Crippen molar-refractivity contribution in [3.05, 3.63) is 40.9 Å². The van der Waals surface area contributed by atoms with Crippen LogP contribution in [0.3, 0.4) is 0 Å². The molecule has 3 rings (SSSR count). The lowest BCUT2D eigenvalue weighted by molar-refractivity contribution is 0.628. The summed E-state index contributed by atoms with van der Waals surface area (Å²) in [7, 11) is 0. The van der Waals surface area contributed by atoms with Crippen LogP contribution in [0.1, 0.15) is 31.5 Å². The molecule has 1 aromatic heterocycles. The van der Waals surface area contributed by atoms with Crippen molar-refractivity contribution < 1.29 is 4.39 Å². The van der Waals surface area contributed by atoms with Gasteiger partial charge in [0, 0.05) is 17.8 Å². The van der Waals surface area contributed by atoms with Crippen LogP contribution in [0.2, 0.25) is 5.02 Å². The maximum atomic E-state index is 13.2. The molecular formula is C16H18ClFN4. The molecule has 1 heterocycles. The SMILES string of the molecule is Cc1nc(Nc2ccc(F)c(Cl)c2)cc(NC2CCCC2)n1. The van der Waals surface area contributed by atoms with E-state index >= 15 is 0 Å². The Morgan fingerprint density at radius 1 is 1.14 bits per heavy atom. The summed E-state index contributed by atoms with van der Waals surface area (Å²) in [5.41, 5.74) is 0.691. The third-order valence-electron chi connectivity index (χ3n) is 3.74. The van der Waals surface area contributed by atoms with Crippen LogP contribution in [0.25, 0.3) is 0 Å². The minimum absolute atomic E-state index is 0.0834. The lowest BCUT2D eigenvalue weighted by atomic mass is 10.2. The van der Waals surface area contributed by atoms with Crippen molar-refractivity contribution in [3.8, 4) is 0 Å². The molecule has 2 aromatic rings.